The maximum absolute atomic E-state index is 12.6. The SMILES string of the molecule is CN(CCc1ncon1)C(=O)CC(c1ccccc1)c1ccco1. The van der Waals surface area contributed by atoms with Crippen LogP contribution in [-0.4, -0.2) is 34.5 Å². The van der Waals surface area contributed by atoms with Gasteiger partial charge in [0, 0.05) is 26.4 Å². The lowest BCUT2D eigenvalue weighted by atomic mass is 9.92. The summed E-state index contributed by atoms with van der Waals surface area (Å²) in [6.07, 6.45) is 3.84. The highest BCUT2D eigenvalue weighted by Crippen LogP contribution is 2.28. The van der Waals surface area contributed by atoms with E-state index in [1.54, 1.807) is 18.2 Å². The number of hydrogen-bond acceptors (Lipinski definition) is 5. The summed E-state index contributed by atoms with van der Waals surface area (Å²) in [5.41, 5.74) is 1.06. The molecule has 0 fully saturated rings. The van der Waals surface area contributed by atoms with Crippen LogP contribution >= 0.6 is 0 Å². The maximum Gasteiger partial charge on any atom is 0.223 e. The molecule has 1 unspecified atom stereocenters. The molecule has 1 atom stereocenters. The number of nitrogens with zero attached hydrogens (tertiary/aromatic N) is 3. The van der Waals surface area contributed by atoms with Crippen LogP contribution in [0.2, 0.25) is 0 Å². The predicted octanol–water partition coefficient (Wildman–Crippen LogP) is 2.89. The fourth-order valence-corrected chi connectivity index (χ4v) is 2.58. The van der Waals surface area contributed by atoms with Gasteiger partial charge in [0.05, 0.1) is 12.2 Å². The first-order valence-corrected chi connectivity index (χ1v) is 7.81. The van der Waals surface area contributed by atoms with E-state index in [9.17, 15) is 4.79 Å². The number of amides is 1. The zero-order valence-corrected chi connectivity index (χ0v) is 13.5. The fourth-order valence-electron chi connectivity index (χ4n) is 2.58. The summed E-state index contributed by atoms with van der Waals surface area (Å²) in [6.45, 7) is 0.540. The third-order valence-corrected chi connectivity index (χ3v) is 3.97. The molecule has 0 N–H and O–H groups in total. The number of carbonyl (C=O) groups is 1. The Morgan fingerprint density at radius 3 is 2.71 bits per heavy atom. The van der Waals surface area contributed by atoms with Gasteiger partial charge in [-0.2, -0.15) is 4.98 Å². The lowest BCUT2D eigenvalue weighted by molar-refractivity contribution is -0.130. The summed E-state index contributed by atoms with van der Waals surface area (Å²) in [5, 5.41) is 3.76. The maximum atomic E-state index is 12.6. The van der Waals surface area contributed by atoms with Crippen LogP contribution in [0.4, 0.5) is 0 Å². The van der Waals surface area contributed by atoms with Gasteiger partial charge in [0.15, 0.2) is 5.82 Å². The van der Waals surface area contributed by atoms with Crippen molar-refractivity contribution in [2.45, 2.75) is 18.8 Å². The van der Waals surface area contributed by atoms with Crippen molar-refractivity contribution in [3.63, 3.8) is 0 Å². The molecule has 2 aromatic heterocycles. The third kappa shape index (κ3) is 3.90. The summed E-state index contributed by atoms with van der Waals surface area (Å²) in [5.74, 6) is 1.34. The van der Waals surface area contributed by atoms with Crippen LogP contribution in [0, 0.1) is 0 Å². The number of benzene rings is 1. The number of carbonyl (C=O) groups excluding carboxylic acids is 1. The van der Waals surface area contributed by atoms with E-state index >= 15 is 0 Å². The number of aromatic nitrogens is 2. The van der Waals surface area contributed by atoms with Crippen LogP contribution in [0.3, 0.4) is 0 Å². The summed E-state index contributed by atoms with van der Waals surface area (Å²) >= 11 is 0. The Kier molecular flexibility index (Phi) is 5.05. The molecule has 1 aromatic carbocycles. The first-order chi connectivity index (χ1) is 11.7. The topological polar surface area (TPSA) is 72.4 Å². The molecule has 0 bridgehead atoms. The van der Waals surface area contributed by atoms with Gasteiger partial charge in [0.2, 0.25) is 12.3 Å². The van der Waals surface area contributed by atoms with E-state index in [2.05, 4.69) is 10.1 Å². The average molecular weight is 325 g/mol. The molecule has 0 spiro atoms. The minimum atomic E-state index is -0.0960. The highest BCUT2D eigenvalue weighted by Gasteiger charge is 2.22. The summed E-state index contributed by atoms with van der Waals surface area (Å²) in [4.78, 5) is 18.3. The second-order valence-corrected chi connectivity index (χ2v) is 5.60. The van der Waals surface area contributed by atoms with Crippen molar-refractivity contribution in [1.82, 2.24) is 15.0 Å². The second-order valence-electron chi connectivity index (χ2n) is 5.60. The van der Waals surface area contributed by atoms with Gasteiger partial charge in [-0.3, -0.25) is 4.79 Å². The minimum Gasteiger partial charge on any atom is -0.469 e. The van der Waals surface area contributed by atoms with Crippen molar-refractivity contribution in [2.24, 2.45) is 0 Å². The minimum absolute atomic E-state index is 0.0451. The van der Waals surface area contributed by atoms with Crippen molar-refractivity contribution in [3.05, 3.63) is 72.3 Å². The lowest BCUT2D eigenvalue weighted by Gasteiger charge is -2.20. The monoisotopic (exact) mass is 325 g/mol. The van der Waals surface area contributed by atoms with Crippen molar-refractivity contribution < 1.29 is 13.7 Å². The Balaban J connectivity index is 1.67. The van der Waals surface area contributed by atoms with E-state index in [1.165, 1.54) is 6.39 Å². The van der Waals surface area contributed by atoms with Gasteiger partial charge in [-0.05, 0) is 17.7 Å². The Hall–Kier alpha value is -2.89. The van der Waals surface area contributed by atoms with Crippen LogP contribution in [0.5, 0.6) is 0 Å². The van der Waals surface area contributed by atoms with Gasteiger partial charge in [-0.15, -0.1) is 0 Å². The normalized spacial score (nSPS) is 12.0. The number of rotatable bonds is 7. The molecule has 3 aromatic rings. The molecule has 124 valence electrons. The summed E-state index contributed by atoms with van der Waals surface area (Å²) < 4.78 is 10.2. The Morgan fingerprint density at radius 2 is 2.04 bits per heavy atom. The molecule has 1 amide bonds. The van der Waals surface area contributed by atoms with Gasteiger partial charge in [-0.25, -0.2) is 0 Å². The summed E-state index contributed by atoms with van der Waals surface area (Å²) in [6, 6.07) is 13.7. The molecule has 6 heteroatoms. The van der Waals surface area contributed by atoms with Crippen LogP contribution in [0.1, 0.15) is 29.5 Å². The molecule has 0 aliphatic rings. The largest absolute Gasteiger partial charge is 0.469 e. The highest BCUT2D eigenvalue weighted by molar-refractivity contribution is 5.77. The first-order valence-electron chi connectivity index (χ1n) is 7.81. The van der Waals surface area contributed by atoms with Crippen molar-refractivity contribution in [3.8, 4) is 0 Å². The van der Waals surface area contributed by atoms with Gasteiger partial charge in [0.25, 0.3) is 0 Å². The van der Waals surface area contributed by atoms with E-state index in [0.29, 0.717) is 25.2 Å². The number of likely N-dealkylation sites (N-methyl/N-ethyl adjacent to an activating group) is 1. The highest BCUT2D eigenvalue weighted by atomic mass is 16.5. The molecule has 0 saturated heterocycles. The Labute approximate surface area is 140 Å². The zero-order valence-electron chi connectivity index (χ0n) is 13.5. The average Bonchev–Trinajstić information content (AvgIpc) is 3.31. The first kappa shape index (κ1) is 16.0. The van der Waals surface area contributed by atoms with Gasteiger partial charge in [0.1, 0.15) is 5.76 Å². The van der Waals surface area contributed by atoms with E-state index in [0.717, 1.165) is 11.3 Å². The Bertz CT molecular complexity index is 739. The fraction of sp³-hybridized carbons (Fsp3) is 0.278. The molecular weight excluding hydrogens is 306 g/mol. The molecule has 2 heterocycles. The standard InChI is InChI=1S/C18H19N3O3/c1-21(10-9-17-19-13-24-20-17)18(22)12-15(16-8-5-11-23-16)14-6-3-2-4-7-14/h2-8,11,13,15H,9-10,12H2,1H3. The molecule has 0 saturated carbocycles. The number of furan rings is 1. The van der Waals surface area contributed by atoms with Crippen LogP contribution < -0.4 is 0 Å². The molecule has 0 radical (unpaired) electrons. The molecule has 24 heavy (non-hydrogen) atoms. The van der Waals surface area contributed by atoms with Crippen molar-refractivity contribution in [2.75, 3.05) is 13.6 Å². The van der Waals surface area contributed by atoms with Crippen molar-refractivity contribution >= 4 is 5.91 Å². The third-order valence-electron chi connectivity index (χ3n) is 3.97. The van der Waals surface area contributed by atoms with Gasteiger partial charge >= 0.3 is 0 Å². The second kappa shape index (κ2) is 7.59. The van der Waals surface area contributed by atoms with E-state index in [4.69, 9.17) is 8.94 Å². The Morgan fingerprint density at radius 1 is 1.21 bits per heavy atom. The van der Waals surface area contributed by atoms with Gasteiger partial charge < -0.3 is 13.8 Å². The van der Waals surface area contributed by atoms with E-state index in [-0.39, 0.29) is 11.8 Å². The lowest BCUT2D eigenvalue weighted by Crippen LogP contribution is -2.30. The molecule has 6 nitrogen and oxygen atoms in total. The predicted molar refractivity (Wildman–Crippen MR) is 87.2 cm³/mol. The molecule has 3 rings (SSSR count). The van der Waals surface area contributed by atoms with Crippen LogP contribution in [0.15, 0.2) is 64.1 Å². The smallest absolute Gasteiger partial charge is 0.223 e. The molecule has 0 aliphatic carbocycles. The number of hydrogen-bond donors (Lipinski definition) is 0. The quantitative estimate of drug-likeness (QED) is 0.668. The van der Waals surface area contributed by atoms with Gasteiger partial charge in [-0.1, -0.05) is 35.5 Å². The molecule has 0 aliphatic heterocycles. The van der Waals surface area contributed by atoms with Crippen molar-refractivity contribution in [1.29, 1.82) is 0 Å². The van der Waals surface area contributed by atoms with Crippen LogP contribution in [-0.2, 0) is 11.2 Å². The molecular formula is C18H19N3O3. The van der Waals surface area contributed by atoms with E-state index < -0.39 is 0 Å². The zero-order chi connectivity index (χ0) is 16.8. The summed E-state index contributed by atoms with van der Waals surface area (Å²) in [7, 11) is 1.78. The van der Waals surface area contributed by atoms with Crippen LogP contribution in [0.25, 0.3) is 0 Å². The van der Waals surface area contributed by atoms with E-state index in [1.807, 2.05) is 42.5 Å².